The first-order valence-electron chi connectivity index (χ1n) is 6.08. The molecule has 0 aromatic rings. The van der Waals surface area contributed by atoms with Crippen LogP contribution < -0.4 is 0 Å². The molecule has 1 fully saturated rings. The van der Waals surface area contributed by atoms with E-state index in [1.165, 1.54) is 6.92 Å². The van der Waals surface area contributed by atoms with Crippen LogP contribution in [0.15, 0.2) is 5.11 Å². The summed E-state index contributed by atoms with van der Waals surface area (Å²) in [6, 6.07) is -2.32. The van der Waals surface area contributed by atoms with Crippen LogP contribution in [-0.2, 0) is 19.2 Å². The predicted octanol–water partition coefficient (Wildman–Crippen LogP) is 0.530. The summed E-state index contributed by atoms with van der Waals surface area (Å²) in [6.07, 6.45) is -1.24. The minimum absolute atomic E-state index is 0.247. The Bertz CT molecular complexity index is 441. The van der Waals surface area contributed by atoms with Crippen molar-refractivity contribution in [2.45, 2.75) is 51.5 Å². The van der Waals surface area contributed by atoms with Crippen LogP contribution >= 0.6 is 0 Å². The Morgan fingerprint density at radius 3 is 2.75 bits per heavy atom. The molecule has 1 heterocycles. The summed E-state index contributed by atoms with van der Waals surface area (Å²) in [5.41, 5.74) is 7.68. The number of hydroxylamine groups is 2. The maximum absolute atomic E-state index is 12.0. The molecule has 0 unspecified atom stereocenters. The monoisotopic (exact) mass is 286 g/mol. The van der Waals surface area contributed by atoms with Crippen molar-refractivity contribution in [1.29, 1.82) is 0 Å². The fourth-order valence-corrected chi connectivity index (χ4v) is 1.57. The van der Waals surface area contributed by atoms with Crippen LogP contribution in [0.3, 0.4) is 0 Å². The van der Waals surface area contributed by atoms with Gasteiger partial charge < -0.3 is 9.84 Å². The molecular weight excluding hydrogens is 268 g/mol. The molecule has 1 aliphatic rings. The lowest BCUT2D eigenvalue weighted by molar-refractivity contribution is -0.235. The molecule has 0 bridgehead atoms. The molecule has 3 atom stereocenters. The van der Waals surface area contributed by atoms with E-state index >= 15 is 0 Å². The molecule has 1 amide bonds. The molecule has 1 N–H and O–H groups in total. The SMILES string of the molecule is C[C@H](C(=O)OC(C)(C)C)N1OC[C@@H](O)[C@H](N=[N+]=[N-])C1=O. The quantitative estimate of drug-likeness (QED) is 0.350. The molecule has 112 valence electrons. The Hall–Kier alpha value is -1.83. The second-order valence-electron chi connectivity index (χ2n) is 5.39. The van der Waals surface area contributed by atoms with E-state index in [-0.39, 0.29) is 6.61 Å². The number of aliphatic hydroxyl groups is 1. The fraction of sp³-hybridized carbons (Fsp3) is 0.818. The zero-order valence-corrected chi connectivity index (χ0v) is 11.8. The highest BCUT2D eigenvalue weighted by molar-refractivity contribution is 5.87. The van der Waals surface area contributed by atoms with Gasteiger partial charge in [-0.05, 0) is 33.2 Å². The molecule has 9 nitrogen and oxygen atoms in total. The van der Waals surface area contributed by atoms with Gasteiger partial charge in [0.1, 0.15) is 18.2 Å². The third-order valence-electron chi connectivity index (χ3n) is 2.49. The Morgan fingerprint density at radius 2 is 2.25 bits per heavy atom. The number of esters is 1. The Morgan fingerprint density at radius 1 is 1.65 bits per heavy atom. The Kier molecular flexibility index (Phi) is 4.93. The van der Waals surface area contributed by atoms with E-state index in [4.69, 9.17) is 15.1 Å². The zero-order chi connectivity index (χ0) is 15.5. The number of nitrogens with zero attached hydrogens (tertiary/aromatic N) is 4. The lowest BCUT2D eigenvalue weighted by Gasteiger charge is -2.36. The maximum Gasteiger partial charge on any atom is 0.331 e. The molecule has 9 heteroatoms. The Balaban J connectivity index is 2.83. The van der Waals surface area contributed by atoms with Crippen molar-refractivity contribution in [3.8, 4) is 0 Å². The largest absolute Gasteiger partial charge is 0.458 e. The topological polar surface area (TPSA) is 125 Å². The first-order valence-corrected chi connectivity index (χ1v) is 6.08. The molecule has 0 spiro atoms. The van der Waals surface area contributed by atoms with Crippen LogP contribution in [0, 0.1) is 0 Å². The summed E-state index contributed by atoms with van der Waals surface area (Å²) in [5.74, 6) is -1.43. The second kappa shape index (κ2) is 6.08. The number of rotatable bonds is 3. The van der Waals surface area contributed by atoms with E-state index in [9.17, 15) is 14.7 Å². The number of amides is 1. The van der Waals surface area contributed by atoms with Crippen LogP contribution in [0.4, 0.5) is 0 Å². The second-order valence-corrected chi connectivity index (χ2v) is 5.39. The lowest BCUT2D eigenvalue weighted by atomic mass is 10.1. The van der Waals surface area contributed by atoms with E-state index in [0.29, 0.717) is 0 Å². The van der Waals surface area contributed by atoms with Gasteiger partial charge in [0.25, 0.3) is 5.91 Å². The van der Waals surface area contributed by atoms with Crippen LogP contribution in [0.25, 0.3) is 10.4 Å². The van der Waals surface area contributed by atoms with E-state index in [1.54, 1.807) is 20.8 Å². The van der Waals surface area contributed by atoms with Gasteiger partial charge in [-0.1, -0.05) is 5.11 Å². The molecule has 1 saturated heterocycles. The first-order chi connectivity index (χ1) is 9.17. The number of hydrogen-bond donors (Lipinski definition) is 1. The average Bonchev–Trinajstić information content (AvgIpc) is 2.31. The zero-order valence-electron chi connectivity index (χ0n) is 11.8. The number of aliphatic hydroxyl groups excluding tert-OH is 1. The van der Waals surface area contributed by atoms with E-state index in [0.717, 1.165) is 5.06 Å². The van der Waals surface area contributed by atoms with Gasteiger partial charge in [-0.15, -0.1) is 0 Å². The van der Waals surface area contributed by atoms with Gasteiger partial charge in [-0.3, -0.25) is 9.63 Å². The summed E-state index contributed by atoms with van der Waals surface area (Å²) in [5, 5.41) is 13.5. The van der Waals surface area contributed by atoms with Crippen molar-refractivity contribution in [3.63, 3.8) is 0 Å². The minimum atomic E-state index is -1.31. The van der Waals surface area contributed by atoms with Gasteiger partial charge in [0.05, 0.1) is 6.10 Å². The van der Waals surface area contributed by atoms with Gasteiger partial charge in [-0.2, -0.15) is 0 Å². The van der Waals surface area contributed by atoms with Gasteiger partial charge in [0.2, 0.25) is 0 Å². The molecule has 0 aromatic carbocycles. The highest BCUT2D eigenvalue weighted by Gasteiger charge is 2.41. The maximum atomic E-state index is 12.0. The van der Waals surface area contributed by atoms with Gasteiger partial charge in [0.15, 0.2) is 6.04 Å². The number of carbonyl (C=O) groups excluding carboxylic acids is 2. The third kappa shape index (κ3) is 3.83. The van der Waals surface area contributed by atoms with E-state index in [2.05, 4.69) is 10.0 Å². The lowest BCUT2D eigenvalue weighted by Crippen LogP contribution is -2.56. The first kappa shape index (κ1) is 16.2. The molecule has 20 heavy (non-hydrogen) atoms. The number of ether oxygens (including phenoxy) is 1. The van der Waals surface area contributed by atoms with Gasteiger partial charge in [-0.25, -0.2) is 9.86 Å². The highest BCUT2D eigenvalue weighted by Crippen LogP contribution is 2.18. The fourth-order valence-electron chi connectivity index (χ4n) is 1.57. The van der Waals surface area contributed by atoms with Crippen LogP contribution in [-0.4, -0.2) is 52.4 Å². The van der Waals surface area contributed by atoms with Crippen LogP contribution in [0.1, 0.15) is 27.7 Å². The highest BCUT2D eigenvalue weighted by atomic mass is 16.7. The normalized spacial score (nSPS) is 24.9. The van der Waals surface area contributed by atoms with E-state index in [1.807, 2.05) is 0 Å². The number of azide groups is 1. The molecule has 0 aliphatic carbocycles. The third-order valence-corrected chi connectivity index (χ3v) is 2.49. The van der Waals surface area contributed by atoms with Gasteiger partial charge >= 0.3 is 5.97 Å². The van der Waals surface area contributed by atoms with Crippen molar-refractivity contribution in [2.75, 3.05) is 6.61 Å². The summed E-state index contributed by atoms with van der Waals surface area (Å²) < 4.78 is 5.14. The van der Waals surface area contributed by atoms with Crippen molar-refractivity contribution in [3.05, 3.63) is 10.4 Å². The van der Waals surface area contributed by atoms with Crippen LogP contribution in [0.2, 0.25) is 0 Å². The average molecular weight is 286 g/mol. The van der Waals surface area contributed by atoms with Crippen molar-refractivity contribution >= 4 is 11.9 Å². The van der Waals surface area contributed by atoms with E-state index < -0.39 is 35.7 Å². The molecule has 1 rings (SSSR count). The van der Waals surface area contributed by atoms with Crippen molar-refractivity contribution < 1.29 is 24.3 Å². The standard InChI is InChI=1S/C11H18N4O5/c1-6(10(18)20-11(2,3)4)15-9(17)8(13-14-12)7(16)5-19-15/h6-8,16H,5H2,1-4H3/t6-,7-,8+/m1/s1. The smallest absolute Gasteiger partial charge is 0.331 e. The van der Waals surface area contributed by atoms with Crippen molar-refractivity contribution in [2.24, 2.45) is 5.11 Å². The number of carbonyl (C=O) groups is 2. The Labute approximate surface area is 116 Å². The summed E-state index contributed by atoms with van der Waals surface area (Å²) >= 11 is 0. The molecule has 0 radical (unpaired) electrons. The van der Waals surface area contributed by atoms with Crippen molar-refractivity contribution in [1.82, 2.24) is 5.06 Å². The minimum Gasteiger partial charge on any atom is -0.458 e. The van der Waals surface area contributed by atoms with Gasteiger partial charge in [0, 0.05) is 4.91 Å². The summed E-state index contributed by atoms with van der Waals surface area (Å²) in [7, 11) is 0. The number of hydrogen-bond acceptors (Lipinski definition) is 6. The predicted molar refractivity (Wildman–Crippen MR) is 67.0 cm³/mol. The molecule has 0 aromatic heterocycles. The molecule has 1 aliphatic heterocycles. The molecule has 0 saturated carbocycles. The summed E-state index contributed by atoms with van der Waals surface area (Å²) in [6.45, 7) is 6.27. The summed E-state index contributed by atoms with van der Waals surface area (Å²) in [4.78, 5) is 31.4. The van der Waals surface area contributed by atoms with Crippen LogP contribution in [0.5, 0.6) is 0 Å². The molecular formula is C11H18N4O5.